The van der Waals surface area contributed by atoms with E-state index < -0.39 is 11.7 Å². The van der Waals surface area contributed by atoms with Gasteiger partial charge in [-0.25, -0.2) is 9.59 Å². The van der Waals surface area contributed by atoms with Gasteiger partial charge >= 0.3 is 11.7 Å². The number of hydrogen-bond acceptors (Lipinski definition) is 5. The monoisotopic (exact) mass is 398 g/mol. The Labute approximate surface area is 166 Å². The second-order valence-corrected chi connectivity index (χ2v) is 7.53. The average Bonchev–Trinajstić information content (AvgIpc) is 2.71. The Bertz CT molecular complexity index is 1070. The molecule has 0 saturated carbocycles. The molecule has 28 heavy (non-hydrogen) atoms. The SMILES string of the molecule is CCSCc1ccc(C(=O)OCCCn2c(=O)[nH]c3ccccc3c2=O)cc1. The normalized spacial score (nSPS) is 10.9. The lowest BCUT2D eigenvalue weighted by Gasteiger charge is -2.08. The summed E-state index contributed by atoms with van der Waals surface area (Å²) in [5, 5.41) is 0.459. The predicted molar refractivity (Wildman–Crippen MR) is 112 cm³/mol. The predicted octanol–water partition coefficient (Wildman–Crippen LogP) is 3.19. The lowest BCUT2D eigenvalue weighted by atomic mass is 10.1. The lowest BCUT2D eigenvalue weighted by molar-refractivity contribution is 0.0495. The topological polar surface area (TPSA) is 81.2 Å². The van der Waals surface area contributed by atoms with Gasteiger partial charge in [-0.3, -0.25) is 9.36 Å². The molecule has 1 aromatic heterocycles. The molecule has 3 rings (SSSR count). The highest BCUT2D eigenvalue weighted by atomic mass is 32.2. The van der Waals surface area contributed by atoms with E-state index in [0.29, 0.717) is 22.9 Å². The minimum absolute atomic E-state index is 0.130. The molecule has 0 atom stereocenters. The smallest absolute Gasteiger partial charge is 0.338 e. The van der Waals surface area contributed by atoms with E-state index in [1.165, 1.54) is 5.56 Å². The van der Waals surface area contributed by atoms with Gasteiger partial charge in [-0.15, -0.1) is 0 Å². The number of hydrogen-bond donors (Lipinski definition) is 1. The van der Waals surface area contributed by atoms with Gasteiger partial charge in [0.2, 0.25) is 0 Å². The number of rotatable bonds is 8. The number of aromatic nitrogens is 2. The number of carbonyl (C=O) groups is 1. The van der Waals surface area contributed by atoms with E-state index in [0.717, 1.165) is 16.1 Å². The van der Waals surface area contributed by atoms with Crippen molar-refractivity contribution in [2.75, 3.05) is 12.4 Å². The van der Waals surface area contributed by atoms with Gasteiger partial charge in [0.1, 0.15) is 0 Å². The zero-order valence-electron chi connectivity index (χ0n) is 15.6. The van der Waals surface area contributed by atoms with Crippen molar-refractivity contribution in [3.63, 3.8) is 0 Å². The maximum Gasteiger partial charge on any atom is 0.338 e. The summed E-state index contributed by atoms with van der Waals surface area (Å²) in [5.41, 5.74) is 1.37. The molecule has 0 radical (unpaired) electrons. The molecule has 2 aromatic carbocycles. The number of para-hydroxylation sites is 1. The van der Waals surface area contributed by atoms with E-state index >= 15 is 0 Å². The van der Waals surface area contributed by atoms with Crippen LogP contribution in [0.3, 0.4) is 0 Å². The van der Waals surface area contributed by atoms with Crippen LogP contribution in [-0.2, 0) is 17.0 Å². The molecular formula is C21H22N2O4S. The molecule has 0 aliphatic heterocycles. The van der Waals surface area contributed by atoms with Crippen molar-refractivity contribution in [2.45, 2.75) is 25.6 Å². The van der Waals surface area contributed by atoms with Crippen LogP contribution in [0.4, 0.5) is 0 Å². The first-order valence-corrected chi connectivity index (χ1v) is 10.3. The zero-order valence-corrected chi connectivity index (χ0v) is 16.5. The molecule has 6 nitrogen and oxygen atoms in total. The van der Waals surface area contributed by atoms with Crippen LogP contribution in [0, 0.1) is 0 Å². The number of aromatic amines is 1. The molecule has 0 saturated heterocycles. The summed E-state index contributed by atoms with van der Waals surface area (Å²) in [6.07, 6.45) is 0.373. The highest BCUT2D eigenvalue weighted by Gasteiger charge is 2.09. The van der Waals surface area contributed by atoms with Gasteiger partial charge in [0, 0.05) is 12.3 Å². The molecule has 0 amide bonds. The fraction of sp³-hybridized carbons (Fsp3) is 0.286. The number of fused-ring (bicyclic) bond motifs is 1. The van der Waals surface area contributed by atoms with E-state index in [-0.39, 0.29) is 18.7 Å². The number of benzene rings is 2. The zero-order chi connectivity index (χ0) is 19.9. The molecule has 0 fully saturated rings. The van der Waals surface area contributed by atoms with Crippen molar-refractivity contribution >= 4 is 28.6 Å². The fourth-order valence-electron chi connectivity index (χ4n) is 2.83. The third-order valence-electron chi connectivity index (χ3n) is 4.31. The third-order valence-corrected chi connectivity index (χ3v) is 5.26. The Balaban J connectivity index is 1.56. The number of ether oxygens (including phenoxy) is 1. The van der Waals surface area contributed by atoms with Gasteiger partial charge in [0.05, 0.1) is 23.1 Å². The first kappa shape index (κ1) is 19.9. The minimum Gasteiger partial charge on any atom is -0.462 e. The van der Waals surface area contributed by atoms with E-state index in [1.54, 1.807) is 36.4 Å². The molecule has 0 bridgehead atoms. The second-order valence-electron chi connectivity index (χ2n) is 6.26. The minimum atomic E-state index is -0.462. The molecular weight excluding hydrogens is 376 g/mol. The number of nitrogens with one attached hydrogen (secondary N) is 1. The summed E-state index contributed by atoms with van der Waals surface area (Å²) in [6, 6.07) is 14.2. The van der Waals surface area contributed by atoms with Crippen LogP contribution < -0.4 is 11.2 Å². The molecule has 1 heterocycles. The number of carbonyl (C=O) groups excluding carboxylic acids is 1. The van der Waals surface area contributed by atoms with Crippen molar-refractivity contribution < 1.29 is 9.53 Å². The summed E-state index contributed by atoms with van der Waals surface area (Å²) in [4.78, 5) is 39.4. The Morgan fingerprint density at radius 3 is 2.61 bits per heavy atom. The van der Waals surface area contributed by atoms with E-state index in [4.69, 9.17) is 4.74 Å². The lowest BCUT2D eigenvalue weighted by Crippen LogP contribution is -2.35. The van der Waals surface area contributed by atoms with Crippen molar-refractivity contribution in [1.29, 1.82) is 0 Å². The molecule has 0 aliphatic carbocycles. The van der Waals surface area contributed by atoms with Gasteiger partial charge in [0.25, 0.3) is 5.56 Å². The molecule has 1 N–H and O–H groups in total. The largest absolute Gasteiger partial charge is 0.462 e. The quantitative estimate of drug-likeness (QED) is 0.466. The summed E-state index contributed by atoms with van der Waals surface area (Å²) >= 11 is 1.82. The van der Waals surface area contributed by atoms with Crippen LogP contribution >= 0.6 is 11.8 Å². The summed E-state index contributed by atoms with van der Waals surface area (Å²) in [6.45, 7) is 2.42. The van der Waals surface area contributed by atoms with Crippen LogP contribution in [0.15, 0.2) is 58.1 Å². The average molecular weight is 398 g/mol. The van der Waals surface area contributed by atoms with Crippen LogP contribution in [0.25, 0.3) is 10.9 Å². The standard InChI is InChI=1S/C21H22N2O4S/c1-2-28-14-15-8-10-16(11-9-15)20(25)27-13-5-12-23-19(24)17-6-3-4-7-18(17)22-21(23)26/h3-4,6-11H,2,5,12-14H2,1H3,(H,22,26). The first-order valence-electron chi connectivity index (χ1n) is 9.16. The first-order chi connectivity index (χ1) is 13.6. The van der Waals surface area contributed by atoms with Gasteiger partial charge < -0.3 is 9.72 Å². The second kappa shape index (κ2) is 9.41. The molecule has 0 aliphatic rings. The molecule has 0 spiro atoms. The van der Waals surface area contributed by atoms with Crippen molar-refractivity contribution in [3.05, 3.63) is 80.5 Å². The van der Waals surface area contributed by atoms with Crippen molar-refractivity contribution in [1.82, 2.24) is 9.55 Å². The Kier molecular flexibility index (Phi) is 6.71. The number of esters is 1. The van der Waals surface area contributed by atoms with Crippen molar-refractivity contribution in [2.24, 2.45) is 0 Å². The van der Waals surface area contributed by atoms with Crippen LogP contribution in [-0.4, -0.2) is 27.9 Å². The van der Waals surface area contributed by atoms with Gasteiger partial charge in [-0.05, 0) is 42.0 Å². The molecule has 3 aromatic rings. The summed E-state index contributed by atoms with van der Waals surface area (Å²) < 4.78 is 6.40. The molecule has 146 valence electrons. The van der Waals surface area contributed by atoms with Gasteiger partial charge in [-0.1, -0.05) is 31.2 Å². The maximum absolute atomic E-state index is 12.4. The van der Waals surface area contributed by atoms with Crippen LogP contribution in [0.2, 0.25) is 0 Å². The molecule has 0 unspecified atom stereocenters. The molecule has 7 heteroatoms. The van der Waals surface area contributed by atoms with E-state index in [9.17, 15) is 14.4 Å². The highest BCUT2D eigenvalue weighted by molar-refractivity contribution is 7.98. The Hall–Kier alpha value is -2.80. The fourth-order valence-corrected chi connectivity index (χ4v) is 3.46. The number of nitrogens with zero attached hydrogens (tertiary/aromatic N) is 1. The number of thioether (sulfide) groups is 1. The van der Waals surface area contributed by atoms with Crippen molar-refractivity contribution in [3.8, 4) is 0 Å². The highest BCUT2D eigenvalue weighted by Crippen LogP contribution is 2.13. The summed E-state index contributed by atoms with van der Waals surface area (Å²) in [5.74, 6) is 1.56. The Morgan fingerprint density at radius 2 is 1.86 bits per heavy atom. The maximum atomic E-state index is 12.4. The van der Waals surface area contributed by atoms with E-state index in [1.807, 2.05) is 23.9 Å². The van der Waals surface area contributed by atoms with Gasteiger partial charge in [-0.2, -0.15) is 11.8 Å². The third kappa shape index (κ3) is 4.72. The number of H-pyrrole nitrogens is 1. The van der Waals surface area contributed by atoms with Gasteiger partial charge in [0.15, 0.2) is 0 Å². The van der Waals surface area contributed by atoms with E-state index in [2.05, 4.69) is 11.9 Å². The Morgan fingerprint density at radius 1 is 1.11 bits per heavy atom. The summed E-state index contributed by atoms with van der Waals surface area (Å²) in [7, 11) is 0. The van der Waals surface area contributed by atoms with Crippen LogP contribution in [0.5, 0.6) is 0 Å². The van der Waals surface area contributed by atoms with Crippen LogP contribution in [0.1, 0.15) is 29.3 Å².